The molecule has 0 aromatic rings. The van der Waals surface area contributed by atoms with Crippen molar-refractivity contribution < 1.29 is 31.4 Å². The Hall–Kier alpha value is -0.460. The molecule has 1 nitrogen and oxygen atoms in total. The number of alkyl halides is 6. The predicted molar refractivity (Wildman–Crippen MR) is 21.2 cm³/mol. The van der Waals surface area contributed by atoms with Crippen LogP contribution in [-0.2, 0) is 5.11 Å². The van der Waals surface area contributed by atoms with Crippen molar-refractivity contribution >= 4 is 0 Å². The number of rotatable bonds is 1. The lowest BCUT2D eigenvalue weighted by Crippen LogP contribution is -2.52. The van der Waals surface area contributed by atoms with Crippen LogP contribution < -0.4 is 0 Å². The van der Waals surface area contributed by atoms with Crippen molar-refractivity contribution in [2.24, 2.45) is 0 Å². The van der Waals surface area contributed by atoms with Crippen LogP contribution in [0.5, 0.6) is 0 Å². The van der Waals surface area contributed by atoms with Crippen LogP contribution in [0.2, 0.25) is 0 Å². The van der Waals surface area contributed by atoms with Crippen LogP contribution in [0.1, 0.15) is 6.92 Å². The summed E-state index contributed by atoms with van der Waals surface area (Å²) in [4.78, 5) is 0. The maximum Gasteiger partial charge on any atom is 0.431 e. The van der Waals surface area contributed by atoms with Gasteiger partial charge in [-0.1, -0.05) is 0 Å². The summed E-state index contributed by atoms with van der Waals surface area (Å²) in [7, 11) is 0. The van der Waals surface area contributed by atoms with Crippen molar-refractivity contribution in [2.45, 2.75) is 24.9 Å². The Balaban J connectivity index is 4.75. The van der Waals surface area contributed by atoms with Crippen molar-refractivity contribution in [3.63, 3.8) is 0 Å². The summed E-state index contributed by atoms with van der Waals surface area (Å²) >= 11 is 0. The Kier molecular flexibility index (Phi) is 2.17. The van der Waals surface area contributed by atoms with Gasteiger partial charge in [0.25, 0.3) is 5.67 Å². The zero-order valence-corrected chi connectivity index (χ0v) is 5.18. The molecule has 0 bridgehead atoms. The van der Waals surface area contributed by atoms with E-state index in [2.05, 4.69) is 0 Å². The van der Waals surface area contributed by atoms with Gasteiger partial charge in [0.05, 0.1) is 0 Å². The van der Waals surface area contributed by atoms with E-state index < -0.39 is 24.9 Å². The SMILES string of the molecule is CC(F)(C([O])(F)F)C(F)(F)F. The zero-order chi connectivity index (χ0) is 9.50. The van der Waals surface area contributed by atoms with E-state index in [-0.39, 0.29) is 0 Å². The first-order valence-electron chi connectivity index (χ1n) is 2.34. The molecule has 0 amide bonds. The van der Waals surface area contributed by atoms with Gasteiger partial charge in [-0.2, -0.15) is 27.1 Å². The zero-order valence-electron chi connectivity index (χ0n) is 5.18. The topological polar surface area (TPSA) is 19.9 Å². The molecule has 1 atom stereocenters. The molecule has 0 aromatic heterocycles. The van der Waals surface area contributed by atoms with Crippen LogP contribution in [0.25, 0.3) is 0 Å². The highest BCUT2D eigenvalue weighted by atomic mass is 19.4. The average Bonchev–Trinajstić information content (AvgIpc) is 1.58. The molecule has 0 heterocycles. The third kappa shape index (κ3) is 1.76. The Morgan fingerprint density at radius 1 is 0.909 bits per heavy atom. The predicted octanol–water partition coefficient (Wildman–Crippen LogP) is 2.30. The second kappa shape index (κ2) is 2.26. The lowest BCUT2D eigenvalue weighted by molar-refractivity contribution is -0.382. The van der Waals surface area contributed by atoms with Gasteiger partial charge in [0, 0.05) is 0 Å². The molecule has 1 radical (unpaired) electrons. The van der Waals surface area contributed by atoms with E-state index in [1.807, 2.05) is 0 Å². The highest BCUT2D eigenvalue weighted by molar-refractivity contribution is 4.88. The normalized spacial score (nSPS) is 19.6. The summed E-state index contributed by atoms with van der Waals surface area (Å²) in [6.07, 6.45) is -11.5. The van der Waals surface area contributed by atoms with E-state index in [9.17, 15) is 31.4 Å². The first kappa shape index (κ1) is 10.5. The summed E-state index contributed by atoms with van der Waals surface area (Å²) in [6.45, 7) is -0.500. The largest absolute Gasteiger partial charge is 0.431 e. The van der Waals surface area contributed by atoms with Crippen LogP contribution in [0, 0.1) is 0 Å². The minimum atomic E-state index is -5.85. The number of halogens is 6. The molecule has 67 valence electrons. The first-order valence-corrected chi connectivity index (χ1v) is 2.34. The Bertz CT molecular complexity index is 126. The van der Waals surface area contributed by atoms with Crippen molar-refractivity contribution in [3.05, 3.63) is 0 Å². The molecule has 0 N–H and O–H groups in total. The van der Waals surface area contributed by atoms with Gasteiger partial charge in [-0.25, -0.2) is 4.39 Å². The number of hydrogen-bond donors (Lipinski definition) is 0. The van der Waals surface area contributed by atoms with E-state index in [4.69, 9.17) is 0 Å². The Labute approximate surface area is 57.6 Å². The Morgan fingerprint density at radius 2 is 1.18 bits per heavy atom. The highest BCUT2D eigenvalue weighted by Gasteiger charge is 2.68. The van der Waals surface area contributed by atoms with E-state index in [0.717, 1.165) is 0 Å². The molecule has 0 aromatic carbocycles. The molecule has 0 spiro atoms. The molecule has 0 saturated heterocycles. The molecule has 0 aliphatic rings. The van der Waals surface area contributed by atoms with Crippen LogP contribution in [0.15, 0.2) is 0 Å². The van der Waals surface area contributed by atoms with Crippen LogP contribution in [-0.4, -0.2) is 18.0 Å². The van der Waals surface area contributed by atoms with Crippen molar-refractivity contribution in [2.75, 3.05) is 0 Å². The molecule has 0 rings (SSSR count). The monoisotopic (exact) mass is 181 g/mol. The van der Waals surface area contributed by atoms with Gasteiger partial charge >= 0.3 is 12.3 Å². The third-order valence-corrected chi connectivity index (χ3v) is 1.08. The second-order valence-corrected chi connectivity index (χ2v) is 2.02. The quantitative estimate of drug-likeness (QED) is 0.553. The minimum Gasteiger partial charge on any atom is -0.224 e. The van der Waals surface area contributed by atoms with E-state index in [1.165, 1.54) is 0 Å². The third-order valence-electron chi connectivity index (χ3n) is 1.08. The summed E-state index contributed by atoms with van der Waals surface area (Å²) in [6, 6.07) is 0. The van der Waals surface area contributed by atoms with E-state index in [1.54, 1.807) is 0 Å². The fourth-order valence-electron chi connectivity index (χ4n) is 0.165. The van der Waals surface area contributed by atoms with E-state index >= 15 is 0 Å². The maximum absolute atomic E-state index is 11.9. The van der Waals surface area contributed by atoms with Crippen molar-refractivity contribution in [1.29, 1.82) is 0 Å². The molecule has 11 heavy (non-hydrogen) atoms. The van der Waals surface area contributed by atoms with Gasteiger partial charge in [0.2, 0.25) is 0 Å². The van der Waals surface area contributed by atoms with Gasteiger partial charge in [-0.05, 0) is 6.92 Å². The summed E-state index contributed by atoms with van der Waals surface area (Å²) < 4.78 is 68.4. The lowest BCUT2D eigenvalue weighted by atomic mass is 10.1. The molecular formula is C4H3F6O. The summed E-state index contributed by atoms with van der Waals surface area (Å²) in [5.41, 5.74) is -5.01. The summed E-state index contributed by atoms with van der Waals surface area (Å²) in [5.74, 6) is 0. The van der Waals surface area contributed by atoms with Gasteiger partial charge in [-0.3, -0.25) is 0 Å². The van der Waals surface area contributed by atoms with Crippen molar-refractivity contribution in [1.82, 2.24) is 0 Å². The van der Waals surface area contributed by atoms with Gasteiger partial charge in [-0.15, -0.1) is 0 Å². The van der Waals surface area contributed by atoms with Gasteiger partial charge < -0.3 is 0 Å². The molecule has 0 fully saturated rings. The van der Waals surface area contributed by atoms with Gasteiger partial charge in [0.1, 0.15) is 0 Å². The van der Waals surface area contributed by atoms with Crippen LogP contribution >= 0.6 is 0 Å². The molecule has 0 saturated carbocycles. The standard InChI is InChI=1S/C4H3F6O/c1-2(5,3(6,7)8)4(9,10)11/h1H3. The maximum atomic E-state index is 11.9. The van der Waals surface area contributed by atoms with Crippen molar-refractivity contribution in [3.8, 4) is 0 Å². The average molecular weight is 181 g/mol. The smallest absolute Gasteiger partial charge is 0.224 e. The molecule has 0 aliphatic heterocycles. The first-order chi connectivity index (χ1) is 4.50. The molecule has 1 unspecified atom stereocenters. The van der Waals surface area contributed by atoms with E-state index in [0.29, 0.717) is 0 Å². The lowest BCUT2D eigenvalue weighted by Gasteiger charge is -2.25. The highest BCUT2D eigenvalue weighted by Crippen LogP contribution is 2.43. The Morgan fingerprint density at radius 3 is 1.18 bits per heavy atom. The fourth-order valence-corrected chi connectivity index (χ4v) is 0.165. The molecular weight excluding hydrogens is 178 g/mol. The molecule has 0 aliphatic carbocycles. The minimum absolute atomic E-state index is 0.500. The summed E-state index contributed by atoms with van der Waals surface area (Å²) in [5, 5.41) is 9.34. The fraction of sp³-hybridized carbons (Fsp3) is 1.00. The van der Waals surface area contributed by atoms with Crippen LogP contribution in [0.3, 0.4) is 0 Å². The second-order valence-electron chi connectivity index (χ2n) is 2.02. The van der Waals surface area contributed by atoms with Gasteiger partial charge in [0.15, 0.2) is 0 Å². The number of hydrogen-bond acceptors (Lipinski definition) is 0. The van der Waals surface area contributed by atoms with Crippen LogP contribution in [0.4, 0.5) is 26.3 Å². The molecule has 7 heteroatoms.